The smallest absolute Gasteiger partial charge is 0.410 e. The van der Waals surface area contributed by atoms with Gasteiger partial charge in [-0.15, -0.1) is 0 Å². The van der Waals surface area contributed by atoms with Gasteiger partial charge in [0, 0.05) is 20.1 Å². The number of carbonyl (C=O) groups excluding carboxylic acids is 3. The Bertz CT molecular complexity index is 1140. The van der Waals surface area contributed by atoms with E-state index in [9.17, 15) is 14.4 Å². The first kappa shape index (κ1) is 23.7. The number of hydrogen-bond acceptors (Lipinski definition) is 8. The lowest BCUT2D eigenvalue weighted by Crippen LogP contribution is -2.56. The van der Waals surface area contributed by atoms with E-state index in [4.69, 9.17) is 21.1 Å². The highest BCUT2D eigenvalue weighted by Crippen LogP contribution is 2.35. The lowest BCUT2D eigenvalue weighted by molar-refractivity contribution is 0.00259. The van der Waals surface area contributed by atoms with Crippen molar-refractivity contribution in [2.24, 2.45) is 0 Å². The first-order valence-electron chi connectivity index (χ1n) is 10.7. The van der Waals surface area contributed by atoms with Crippen LogP contribution in [0.5, 0.6) is 0 Å². The van der Waals surface area contributed by atoms with Crippen molar-refractivity contribution in [3.05, 3.63) is 40.9 Å². The second kappa shape index (κ2) is 9.05. The number of pyridine rings is 1. The molecule has 0 spiro atoms. The normalized spacial score (nSPS) is 20.0. The van der Waals surface area contributed by atoms with Crippen LogP contribution in [-0.2, 0) is 9.47 Å². The fraction of sp³-hybridized carbons (Fsp3) is 0.455. The van der Waals surface area contributed by atoms with Crippen LogP contribution >= 0.6 is 11.6 Å². The van der Waals surface area contributed by atoms with Gasteiger partial charge in [-0.3, -0.25) is 9.69 Å². The average molecular weight is 489 g/mol. The van der Waals surface area contributed by atoms with E-state index in [1.807, 2.05) is 0 Å². The number of ether oxygens (including phenoxy) is 2. The number of nitrogens with one attached hydrogen (secondary N) is 1. The highest BCUT2D eigenvalue weighted by Gasteiger charge is 2.46. The summed E-state index contributed by atoms with van der Waals surface area (Å²) in [6.07, 6.45) is 0.334. The van der Waals surface area contributed by atoms with Gasteiger partial charge in [0.25, 0.3) is 5.91 Å². The van der Waals surface area contributed by atoms with Crippen molar-refractivity contribution in [2.45, 2.75) is 38.5 Å². The summed E-state index contributed by atoms with van der Waals surface area (Å²) in [5.74, 6) is -0.367. The number of halogens is 1. The molecule has 2 unspecified atom stereocenters. The Balaban J connectivity index is 1.70. The number of cyclic esters (lactones) is 1. The summed E-state index contributed by atoms with van der Waals surface area (Å²) >= 11 is 6.34. The molecule has 4 rings (SSSR count). The minimum atomic E-state index is -0.658. The Labute approximate surface area is 201 Å². The second-order valence-corrected chi connectivity index (χ2v) is 9.40. The van der Waals surface area contributed by atoms with Gasteiger partial charge in [0.15, 0.2) is 0 Å². The third-order valence-electron chi connectivity index (χ3n) is 5.41. The van der Waals surface area contributed by atoms with Crippen LogP contribution in [-0.4, -0.2) is 81.2 Å². The summed E-state index contributed by atoms with van der Waals surface area (Å²) in [4.78, 5) is 53.1. The number of rotatable bonds is 3. The van der Waals surface area contributed by atoms with E-state index in [0.717, 1.165) is 0 Å². The molecule has 0 radical (unpaired) electrons. The van der Waals surface area contributed by atoms with Gasteiger partial charge in [0.1, 0.15) is 29.4 Å². The minimum Gasteiger partial charge on any atom is -0.447 e. The van der Waals surface area contributed by atoms with Gasteiger partial charge in [0.05, 0.1) is 23.5 Å². The number of aromatic nitrogens is 3. The van der Waals surface area contributed by atoms with Crippen LogP contribution in [0.25, 0.3) is 11.4 Å². The van der Waals surface area contributed by atoms with Gasteiger partial charge in [-0.2, -0.15) is 0 Å². The lowest BCUT2D eigenvalue weighted by Gasteiger charge is -2.42. The Kier molecular flexibility index (Phi) is 6.30. The first-order valence-corrected chi connectivity index (χ1v) is 11.1. The molecule has 2 saturated heterocycles. The van der Waals surface area contributed by atoms with Gasteiger partial charge in [-0.1, -0.05) is 11.6 Å². The molecule has 11 nitrogen and oxygen atoms in total. The monoisotopic (exact) mass is 488 g/mol. The number of nitrogens with zero attached hydrogens (tertiary/aromatic N) is 5. The molecular formula is C22H25ClN6O5. The molecule has 180 valence electrons. The van der Waals surface area contributed by atoms with E-state index < -0.39 is 23.8 Å². The molecule has 2 aromatic heterocycles. The molecule has 0 saturated carbocycles. The van der Waals surface area contributed by atoms with Gasteiger partial charge < -0.3 is 19.7 Å². The number of hydrogen-bond donors (Lipinski definition) is 1. The molecular weight excluding hydrogens is 464 g/mol. The van der Waals surface area contributed by atoms with Crippen molar-refractivity contribution >= 4 is 29.7 Å². The standard InChI is InChI=1S/C22H25ClN6O5/c1-22(2,3)34-20(31)28-8-13-10-33-21(32)29(13)17(9-28)12-5-15(27-18(23)6-12)14-7-16(19(30)24-4)26-11-25-14/h5-7,11,13,17H,8-10H2,1-4H3,(H,24,30). The summed E-state index contributed by atoms with van der Waals surface area (Å²) in [7, 11) is 1.50. The zero-order valence-electron chi connectivity index (χ0n) is 19.2. The molecule has 2 aliphatic heterocycles. The van der Waals surface area contributed by atoms with Crippen molar-refractivity contribution in [3.8, 4) is 11.4 Å². The molecule has 2 fully saturated rings. The third-order valence-corrected chi connectivity index (χ3v) is 5.60. The van der Waals surface area contributed by atoms with Crippen molar-refractivity contribution < 1.29 is 23.9 Å². The summed E-state index contributed by atoms with van der Waals surface area (Å²) in [5, 5.41) is 2.69. The molecule has 2 aliphatic rings. The van der Waals surface area contributed by atoms with Crippen LogP contribution in [0.15, 0.2) is 24.5 Å². The number of piperazine rings is 1. The molecule has 0 bridgehead atoms. The summed E-state index contributed by atoms with van der Waals surface area (Å²) in [6.45, 7) is 6.04. The predicted molar refractivity (Wildman–Crippen MR) is 121 cm³/mol. The fourth-order valence-electron chi connectivity index (χ4n) is 3.95. The van der Waals surface area contributed by atoms with E-state index in [1.54, 1.807) is 42.7 Å². The van der Waals surface area contributed by atoms with Crippen LogP contribution in [0.2, 0.25) is 5.15 Å². The number of amides is 3. The van der Waals surface area contributed by atoms with E-state index in [0.29, 0.717) is 23.5 Å². The largest absolute Gasteiger partial charge is 0.447 e. The van der Waals surface area contributed by atoms with Crippen LogP contribution in [0.3, 0.4) is 0 Å². The van der Waals surface area contributed by atoms with E-state index in [2.05, 4.69) is 20.3 Å². The summed E-state index contributed by atoms with van der Waals surface area (Å²) in [5.41, 5.74) is 0.945. The quantitative estimate of drug-likeness (QED) is 0.653. The van der Waals surface area contributed by atoms with E-state index in [1.165, 1.54) is 19.4 Å². The molecule has 2 aromatic rings. The average Bonchev–Trinajstić information content (AvgIpc) is 3.17. The molecule has 2 atom stereocenters. The van der Waals surface area contributed by atoms with Crippen LogP contribution in [0.1, 0.15) is 42.9 Å². The zero-order chi connectivity index (χ0) is 24.6. The molecule has 4 heterocycles. The molecule has 1 N–H and O–H groups in total. The van der Waals surface area contributed by atoms with Crippen LogP contribution in [0.4, 0.5) is 9.59 Å². The SMILES string of the molecule is CNC(=O)c1cc(-c2cc(C3CN(C(=O)OC(C)(C)C)CC4COC(=O)N43)cc(Cl)n2)ncn1. The van der Waals surface area contributed by atoms with Gasteiger partial charge in [0.2, 0.25) is 0 Å². The highest BCUT2D eigenvalue weighted by atomic mass is 35.5. The van der Waals surface area contributed by atoms with Gasteiger partial charge in [-0.05, 0) is 44.5 Å². The highest BCUT2D eigenvalue weighted by molar-refractivity contribution is 6.29. The third kappa shape index (κ3) is 4.89. The number of carbonyl (C=O) groups is 3. The first-order chi connectivity index (χ1) is 16.1. The summed E-state index contributed by atoms with van der Waals surface area (Å²) < 4.78 is 10.8. The fourth-order valence-corrected chi connectivity index (χ4v) is 4.17. The molecule has 0 aliphatic carbocycles. The van der Waals surface area contributed by atoms with Gasteiger partial charge in [-0.25, -0.2) is 24.5 Å². The van der Waals surface area contributed by atoms with Crippen molar-refractivity contribution in [1.29, 1.82) is 0 Å². The van der Waals surface area contributed by atoms with Crippen molar-refractivity contribution in [2.75, 3.05) is 26.7 Å². The second-order valence-electron chi connectivity index (χ2n) is 9.02. The maximum atomic E-state index is 12.8. The van der Waals surface area contributed by atoms with Gasteiger partial charge >= 0.3 is 12.2 Å². The van der Waals surface area contributed by atoms with Crippen molar-refractivity contribution in [3.63, 3.8) is 0 Å². The maximum Gasteiger partial charge on any atom is 0.410 e. The summed E-state index contributed by atoms with van der Waals surface area (Å²) in [6, 6.07) is 4.00. The Hall–Kier alpha value is -3.47. The Morgan fingerprint density at radius 1 is 1.18 bits per heavy atom. The van der Waals surface area contributed by atoms with E-state index >= 15 is 0 Å². The zero-order valence-corrected chi connectivity index (χ0v) is 20.0. The topological polar surface area (TPSA) is 127 Å². The predicted octanol–water partition coefficient (Wildman–Crippen LogP) is 2.66. The minimum absolute atomic E-state index is 0.168. The van der Waals surface area contributed by atoms with E-state index in [-0.39, 0.29) is 35.9 Å². The molecule has 3 amide bonds. The van der Waals surface area contributed by atoms with Crippen molar-refractivity contribution in [1.82, 2.24) is 30.1 Å². The molecule has 34 heavy (non-hydrogen) atoms. The molecule has 12 heteroatoms. The lowest BCUT2D eigenvalue weighted by atomic mass is 9.99. The van der Waals surface area contributed by atoms with Crippen LogP contribution < -0.4 is 5.32 Å². The Morgan fingerprint density at radius 2 is 1.94 bits per heavy atom. The Morgan fingerprint density at radius 3 is 2.65 bits per heavy atom. The maximum absolute atomic E-state index is 12.8. The molecule has 0 aromatic carbocycles. The van der Waals surface area contributed by atoms with Crippen LogP contribution in [0, 0.1) is 0 Å². The number of fused-ring (bicyclic) bond motifs is 1.